The van der Waals surface area contributed by atoms with Crippen LogP contribution in [0, 0.1) is 0 Å². The van der Waals surface area contributed by atoms with Crippen LogP contribution in [0.1, 0.15) is 11.5 Å². The highest BCUT2D eigenvalue weighted by molar-refractivity contribution is 7.89. The van der Waals surface area contributed by atoms with Gasteiger partial charge in [-0.2, -0.15) is 0 Å². The number of hydrogen-bond acceptors (Lipinski definition) is 4. The lowest BCUT2D eigenvalue weighted by atomic mass is 10.1. The molecule has 0 bridgehead atoms. The molecule has 0 atom stereocenters. The number of oxazole rings is 1. The maximum atomic E-state index is 12.2. The van der Waals surface area contributed by atoms with E-state index in [4.69, 9.17) is 32.8 Å². The topological polar surface area (TPSA) is 86.2 Å². The molecule has 0 amide bonds. The number of aromatic nitrogens is 1. The van der Waals surface area contributed by atoms with Crippen molar-refractivity contribution in [1.82, 2.24) is 4.98 Å². The third kappa shape index (κ3) is 4.13. The number of sulfonamides is 1. The molecule has 30 heavy (non-hydrogen) atoms. The average molecular weight is 459 g/mol. The van der Waals surface area contributed by atoms with E-state index in [-0.39, 0.29) is 10.7 Å². The third-order valence-electron chi connectivity index (χ3n) is 4.51. The summed E-state index contributed by atoms with van der Waals surface area (Å²) < 4.78 is 30.4. The smallest absolute Gasteiger partial charge is 0.238 e. The fourth-order valence-electron chi connectivity index (χ4n) is 3.19. The van der Waals surface area contributed by atoms with Crippen LogP contribution in [-0.2, 0) is 16.4 Å². The van der Waals surface area contributed by atoms with Crippen molar-refractivity contribution < 1.29 is 12.8 Å². The van der Waals surface area contributed by atoms with Crippen LogP contribution in [0.25, 0.3) is 22.6 Å². The van der Waals surface area contributed by atoms with Crippen LogP contribution >= 0.6 is 23.2 Å². The highest BCUT2D eigenvalue weighted by atomic mass is 35.5. The van der Waals surface area contributed by atoms with Crippen LogP contribution in [-0.4, -0.2) is 13.4 Å². The first-order valence-corrected chi connectivity index (χ1v) is 11.2. The van der Waals surface area contributed by atoms with Crippen molar-refractivity contribution in [3.05, 3.63) is 94.3 Å². The van der Waals surface area contributed by atoms with Crippen molar-refractivity contribution in [3.63, 3.8) is 0 Å². The van der Waals surface area contributed by atoms with E-state index in [9.17, 15) is 8.42 Å². The van der Waals surface area contributed by atoms with Gasteiger partial charge in [-0.3, -0.25) is 0 Å². The third-order valence-corrected chi connectivity index (χ3v) is 6.11. The molecule has 4 rings (SSSR count). The van der Waals surface area contributed by atoms with E-state index in [1.807, 2.05) is 30.3 Å². The Bertz CT molecular complexity index is 1300. The maximum absolute atomic E-state index is 12.2. The zero-order valence-corrected chi connectivity index (χ0v) is 17.9. The van der Waals surface area contributed by atoms with Gasteiger partial charge in [-0.1, -0.05) is 77.8 Å². The Labute approximate surface area is 184 Å². The largest absolute Gasteiger partial charge is 0.440 e. The van der Waals surface area contributed by atoms with E-state index >= 15 is 0 Å². The van der Waals surface area contributed by atoms with Gasteiger partial charge < -0.3 is 4.42 Å². The van der Waals surface area contributed by atoms with Crippen molar-refractivity contribution in [3.8, 4) is 22.6 Å². The van der Waals surface area contributed by atoms with Gasteiger partial charge in [0.2, 0.25) is 10.0 Å². The standard InChI is InChI=1S/C22H16Cl2N2O3S/c23-16-10-6-11-17(24)20(16)22-21(15-9-4-5-12-18(15)30(25,27)28)26-19(29-22)13-14-7-2-1-3-8-14/h1-12H,13H2,(H2,25,27,28). The summed E-state index contributed by atoms with van der Waals surface area (Å²) >= 11 is 12.8. The van der Waals surface area contributed by atoms with Crippen molar-refractivity contribution in [2.24, 2.45) is 5.14 Å². The average Bonchev–Trinajstić information content (AvgIpc) is 3.11. The predicted molar refractivity (Wildman–Crippen MR) is 118 cm³/mol. The Kier molecular flexibility index (Phi) is 5.66. The molecule has 0 radical (unpaired) electrons. The molecular weight excluding hydrogens is 443 g/mol. The molecule has 2 N–H and O–H groups in total. The van der Waals surface area contributed by atoms with Gasteiger partial charge in [0, 0.05) is 12.0 Å². The van der Waals surface area contributed by atoms with E-state index in [0.29, 0.717) is 39.2 Å². The van der Waals surface area contributed by atoms with Gasteiger partial charge in [0.25, 0.3) is 0 Å². The molecule has 1 aromatic heterocycles. The molecule has 0 saturated heterocycles. The van der Waals surface area contributed by atoms with Crippen molar-refractivity contribution in [2.45, 2.75) is 11.3 Å². The van der Waals surface area contributed by atoms with Crippen LogP contribution in [0.2, 0.25) is 10.0 Å². The van der Waals surface area contributed by atoms with Crippen LogP contribution < -0.4 is 5.14 Å². The van der Waals surface area contributed by atoms with Gasteiger partial charge >= 0.3 is 0 Å². The summed E-state index contributed by atoms with van der Waals surface area (Å²) in [7, 11) is -4.00. The zero-order valence-electron chi connectivity index (χ0n) is 15.5. The van der Waals surface area contributed by atoms with E-state index in [0.717, 1.165) is 5.56 Å². The highest BCUT2D eigenvalue weighted by Crippen LogP contribution is 2.42. The molecule has 5 nitrogen and oxygen atoms in total. The van der Waals surface area contributed by atoms with Gasteiger partial charge in [0.1, 0.15) is 5.69 Å². The normalized spacial score (nSPS) is 11.6. The Morgan fingerprint density at radius 2 is 1.50 bits per heavy atom. The van der Waals surface area contributed by atoms with Gasteiger partial charge in [-0.25, -0.2) is 18.5 Å². The molecule has 8 heteroatoms. The molecule has 3 aromatic carbocycles. The minimum atomic E-state index is -4.00. The van der Waals surface area contributed by atoms with Crippen LogP contribution in [0.3, 0.4) is 0 Å². The highest BCUT2D eigenvalue weighted by Gasteiger charge is 2.25. The van der Waals surface area contributed by atoms with Crippen LogP contribution in [0.5, 0.6) is 0 Å². The number of benzene rings is 3. The van der Waals surface area contributed by atoms with Crippen LogP contribution in [0.4, 0.5) is 0 Å². The summed E-state index contributed by atoms with van der Waals surface area (Å²) in [5, 5.41) is 6.16. The Morgan fingerprint density at radius 3 is 2.17 bits per heavy atom. The Morgan fingerprint density at radius 1 is 0.867 bits per heavy atom. The minimum absolute atomic E-state index is 0.0611. The van der Waals surface area contributed by atoms with Gasteiger partial charge in [0.15, 0.2) is 11.7 Å². The molecule has 4 aromatic rings. The second kappa shape index (κ2) is 8.24. The van der Waals surface area contributed by atoms with E-state index in [2.05, 4.69) is 4.98 Å². The first kappa shape index (κ1) is 20.6. The molecular formula is C22H16Cl2N2O3S. The van der Waals surface area contributed by atoms with Crippen molar-refractivity contribution in [2.75, 3.05) is 0 Å². The Balaban J connectivity index is 1.96. The Hall–Kier alpha value is -2.64. The molecule has 0 aliphatic carbocycles. The lowest BCUT2D eigenvalue weighted by Gasteiger charge is -2.08. The van der Waals surface area contributed by atoms with E-state index < -0.39 is 10.0 Å². The minimum Gasteiger partial charge on any atom is -0.440 e. The zero-order chi connectivity index (χ0) is 21.3. The fourth-order valence-corrected chi connectivity index (χ4v) is 4.50. The van der Waals surface area contributed by atoms with Gasteiger partial charge in [0.05, 0.1) is 20.5 Å². The molecule has 0 fully saturated rings. The predicted octanol–water partition coefficient (Wildman–Crippen LogP) is 5.55. The number of rotatable bonds is 5. The van der Waals surface area contributed by atoms with Crippen molar-refractivity contribution >= 4 is 33.2 Å². The van der Waals surface area contributed by atoms with Crippen LogP contribution in [0.15, 0.2) is 82.1 Å². The lowest BCUT2D eigenvalue weighted by molar-refractivity contribution is 0.519. The lowest BCUT2D eigenvalue weighted by Crippen LogP contribution is -2.13. The number of hydrogen-bond donors (Lipinski definition) is 1. The van der Waals surface area contributed by atoms with E-state index in [1.54, 1.807) is 36.4 Å². The molecule has 0 unspecified atom stereocenters. The van der Waals surface area contributed by atoms with Crippen molar-refractivity contribution in [1.29, 1.82) is 0 Å². The number of nitrogens with zero attached hydrogens (tertiary/aromatic N) is 1. The second-order valence-corrected chi connectivity index (χ2v) is 8.93. The van der Waals surface area contributed by atoms with Gasteiger partial charge in [-0.15, -0.1) is 0 Å². The first-order valence-electron chi connectivity index (χ1n) is 8.95. The number of halogens is 2. The molecule has 0 saturated carbocycles. The monoisotopic (exact) mass is 458 g/mol. The number of primary sulfonamides is 1. The summed E-state index contributed by atoms with van der Waals surface area (Å²) in [5.41, 5.74) is 2.04. The van der Waals surface area contributed by atoms with Gasteiger partial charge in [-0.05, 0) is 23.8 Å². The molecule has 0 spiro atoms. The quantitative estimate of drug-likeness (QED) is 0.424. The van der Waals surface area contributed by atoms with E-state index in [1.165, 1.54) is 6.07 Å². The fraction of sp³-hybridized carbons (Fsp3) is 0.0455. The second-order valence-electron chi connectivity index (χ2n) is 6.59. The molecule has 152 valence electrons. The first-order chi connectivity index (χ1) is 14.3. The summed E-state index contributed by atoms with van der Waals surface area (Å²) in [4.78, 5) is 4.54. The summed E-state index contributed by atoms with van der Waals surface area (Å²) in [5.74, 6) is 0.680. The summed E-state index contributed by atoms with van der Waals surface area (Å²) in [6, 6.07) is 21.1. The molecule has 0 aliphatic heterocycles. The maximum Gasteiger partial charge on any atom is 0.238 e. The molecule has 0 aliphatic rings. The molecule has 1 heterocycles. The summed E-state index contributed by atoms with van der Waals surface area (Å²) in [6.45, 7) is 0. The SMILES string of the molecule is NS(=O)(=O)c1ccccc1-c1nc(Cc2ccccc2)oc1-c1c(Cl)cccc1Cl. The summed E-state index contributed by atoms with van der Waals surface area (Å²) in [6.07, 6.45) is 0.410. The number of nitrogens with two attached hydrogens (primary N) is 1.